The van der Waals surface area contributed by atoms with E-state index in [9.17, 15) is 0 Å². The number of ether oxygens (including phenoxy) is 1. The summed E-state index contributed by atoms with van der Waals surface area (Å²) in [7, 11) is 1.67. The lowest BCUT2D eigenvalue weighted by atomic mass is 10.1. The van der Waals surface area contributed by atoms with Crippen LogP contribution in [0.25, 0.3) is 0 Å². The first kappa shape index (κ1) is 13.3. The van der Waals surface area contributed by atoms with Crippen LogP contribution in [0, 0.1) is 0 Å². The molecule has 0 spiro atoms. The highest BCUT2D eigenvalue weighted by molar-refractivity contribution is 5.57. The quantitative estimate of drug-likeness (QED) is 0.778. The summed E-state index contributed by atoms with van der Waals surface area (Å²) in [6.45, 7) is 5.99. The molecule has 0 bridgehead atoms. The predicted molar refractivity (Wildman–Crippen MR) is 77.5 cm³/mol. The summed E-state index contributed by atoms with van der Waals surface area (Å²) < 4.78 is 10.9. The Morgan fingerprint density at radius 1 is 1.32 bits per heavy atom. The van der Waals surface area contributed by atoms with E-state index in [4.69, 9.17) is 9.15 Å². The standard InChI is InChI=1S/C16H19NO2/c1-12(2)11-14(16-9-6-10-19-16)17-13-7-4-5-8-15(13)18-3/h4-10,14,17H,1,11H2,2-3H3. The molecule has 2 aromatic rings. The highest BCUT2D eigenvalue weighted by Gasteiger charge is 2.16. The normalized spacial score (nSPS) is 11.9. The molecule has 0 saturated carbocycles. The molecule has 1 atom stereocenters. The summed E-state index contributed by atoms with van der Waals surface area (Å²) in [4.78, 5) is 0. The smallest absolute Gasteiger partial charge is 0.141 e. The van der Waals surface area contributed by atoms with E-state index in [0.29, 0.717) is 0 Å². The molecular weight excluding hydrogens is 238 g/mol. The van der Waals surface area contributed by atoms with Crippen LogP contribution in [0.2, 0.25) is 0 Å². The van der Waals surface area contributed by atoms with Gasteiger partial charge in [-0.25, -0.2) is 0 Å². The molecular formula is C16H19NO2. The Hall–Kier alpha value is -2.16. The molecule has 0 amide bonds. The number of hydrogen-bond acceptors (Lipinski definition) is 3. The number of hydrogen-bond donors (Lipinski definition) is 1. The van der Waals surface area contributed by atoms with E-state index in [1.165, 1.54) is 0 Å². The lowest BCUT2D eigenvalue weighted by molar-refractivity contribution is 0.414. The van der Waals surface area contributed by atoms with Gasteiger partial charge < -0.3 is 14.5 Å². The number of rotatable bonds is 6. The van der Waals surface area contributed by atoms with E-state index < -0.39 is 0 Å². The van der Waals surface area contributed by atoms with Gasteiger partial charge in [0.2, 0.25) is 0 Å². The second-order valence-corrected chi connectivity index (χ2v) is 4.57. The molecule has 0 aliphatic carbocycles. The second-order valence-electron chi connectivity index (χ2n) is 4.57. The van der Waals surface area contributed by atoms with Crippen LogP contribution in [0.15, 0.2) is 59.2 Å². The van der Waals surface area contributed by atoms with E-state index in [1.807, 2.05) is 43.3 Å². The average Bonchev–Trinajstić information content (AvgIpc) is 2.92. The third kappa shape index (κ3) is 3.41. The maximum atomic E-state index is 5.50. The van der Waals surface area contributed by atoms with Gasteiger partial charge in [-0.15, -0.1) is 6.58 Å². The Labute approximate surface area is 113 Å². The number of anilines is 1. The molecule has 1 heterocycles. The maximum absolute atomic E-state index is 5.50. The summed E-state index contributed by atoms with van der Waals surface area (Å²) in [5, 5.41) is 3.45. The van der Waals surface area contributed by atoms with Crippen LogP contribution in [-0.2, 0) is 0 Å². The number of nitrogens with one attached hydrogen (secondary N) is 1. The van der Waals surface area contributed by atoms with Crippen molar-refractivity contribution in [2.45, 2.75) is 19.4 Å². The van der Waals surface area contributed by atoms with Gasteiger partial charge >= 0.3 is 0 Å². The monoisotopic (exact) mass is 257 g/mol. The summed E-state index contributed by atoms with van der Waals surface area (Å²) in [6, 6.07) is 11.8. The van der Waals surface area contributed by atoms with Crippen molar-refractivity contribution in [2.24, 2.45) is 0 Å². The molecule has 3 nitrogen and oxygen atoms in total. The van der Waals surface area contributed by atoms with E-state index >= 15 is 0 Å². The van der Waals surface area contributed by atoms with Crippen molar-refractivity contribution >= 4 is 5.69 Å². The molecule has 2 rings (SSSR count). The first-order valence-electron chi connectivity index (χ1n) is 6.28. The first-order valence-corrected chi connectivity index (χ1v) is 6.28. The van der Waals surface area contributed by atoms with E-state index in [0.717, 1.165) is 29.2 Å². The van der Waals surface area contributed by atoms with Crippen molar-refractivity contribution in [2.75, 3.05) is 12.4 Å². The molecule has 0 saturated heterocycles. The minimum Gasteiger partial charge on any atom is -0.495 e. The van der Waals surface area contributed by atoms with Gasteiger partial charge in [0.1, 0.15) is 11.5 Å². The summed E-state index contributed by atoms with van der Waals surface area (Å²) in [6.07, 6.45) is 2.50. The third-order valence-corrected chi connectivity index (χ3v) is 2.88. The molecule has 0 aliphatic heterocycles. The van der Waals surface area contributed by atoms with Crippen LogP contribution in [0.3, 0.4) is 0 Å². The molecule has 100 valence electrons. The minimum absolute atomic E-state index is 0.0591. The van der Waals surface area contributed by atoms with Crippen LogP contribution >= 0.6 is 0 Å². The molecule has 0 radical (unpaired) electrons. The third-order valence-electron chi connectivity index (χ3n) is 2.88. The van der Waals surface area contributed by atoms with Crippen LogP contribution in [-0.4, -0.2) is 7.11 Å². The predicted octanol–water partition coefficient (Wildman–Crippen LogP) is 4.41. The number of methoxy groups -OCH3 is 1. The summed E-state index contributed by atoms with van der Waals surface area (Å²) in [5.41, 5.74) is 2.05. The molecule has 0 fully saturated rings. The fraction of sp³-hybridized carbons (Fsp3) is 0.250. The lowest BCUT2D eigenvalue weighted by Gasteiger charge is -2.19. The summed E-state index contributed by atoms with van der Waals surface area (Å²) in [5.74, 6) is 1.72. The number of para-hydroxylation sites is 2. The molecule has 1 aromatic carbocycles. The van der Waals surface area contributed by atoms with Gasteiger partial charge in [0.05, 0.1) is 25.1 Å². The fourth-order valence-electron chi connectivity index (χ4n) is 2.01. The lowest BCUT2D eigenvalue weighted by Crippen LogP contribution is -2.11. The van der Waals surface area contributed by atoms with Gasteiger partial charge in [-0.3, -0.25) is 0 Å². The Morgan fingerprint density at radius 2 is 2.11 bits per heavy atom. The number of furan rings is 1. The van der Waals surface area contributed by atoms with Crippen LogP contribution < -0.4 is 10.1 Å². The van der Waals surface area contributed by atoms with Crippen molar-refractivity contribution in [1.29, 1.82) is 0 Å². The van der Waals surface area contributed by atoms with Crippen molar-refractivity contribution < 1.29 is 9.15 Å². The van der Waals surface area contributed by atoms with E-state index in [-0.39, 0.29) is 6.04 Å². The Bertz CT molecular complexity index is 531. The van der Waals surface area contributed by atoms with E-state index in [1.54, 1.807) is 13.4 Å². The zero-order valence-electron chi connectivity index (χ0n) is 11.3. The topological polar surface area (TPSA) is 34.4 Å². The minimum atomic E-state index is 0.0591. The largest absolute Gasteiger partial charge is 0.495 e. The second kappa shape index (κ2) is 6.14. The number of benzene rings is 1. The Kier molecular flexibility index (Phi) is 4.29. The maximum Gasteiger partial charge on any atom is 0.141 e. The van der Waals surface area contributed by atoms with Gasteiger partial charge in [0.25, 0.3) is 0 Å². The average molecular weight is 257 g/mol. The SMILES string of the molecule is C=C(C)CC(Nc1ccccc1OC)c1ccco1. The fourth-order valence-corrected chi connectivity index (χ4v) is 2.01. The Morgan fingerprint density at radius 3 is 2.74 bits per heavy atom. The molecule has 1 N–H and O–H groups in total. The van der Waals surface area contributed by atoms with Crippen LogP contribution in [0.4, 0.5) is 5.69 Å². The molecule has 1 aromatic heterocycles. The van der Waals surface area contributed by atoms with Crippen LogP contribution in [0.1, 0.15) is 25.1 Å². The van der Waals surface area contributed by atoms with Gasteiger partial charge in [-0.2, -0.15) is 0 Å². The van der Waals surface area contributed by atoms with Crippen molar-refractivity contribution in [1.82, 2.24) is 0 Å². The van der Waals surface area contributed by atoms with Gasteiger partial charge in [0.15, 0.2) is 0 Å². The summed E-state index contributed by atoms with van der Waals surface area (Å²) >= 11 is 0. The van der Waals surface area contributed by atoms with Gasteiger partial charge in [-0.05, 0) is 37.6 Å². The highest BCUT2D eigenvalue weighted by Crippen LogP contribution is 2.30. The van der Waals surface area contributed by atoms with Crippen LogP contribution in [0.5, 0.6) is 5.75 Å². The molecule has 3 heteroatoms. The zero-order valence-corrected chi connectivity index (χ0v) is 11.3. The molecule has 19 heavy (non-hydrogen) atoms. The van der Waals surface area contributed by atoms with E-state index in [2.05, 4.69) is 11.9 Å². The van der Waals surface area contributed by atoms with Crippen molar-refractivity contribution in [3.63, 3.8) is 0 Å². The molecule has 1 unspecified atom stereocenters. The van der Waals surface area contributed by atoms with Gasteiger partial charge in [-0.1, -0.05) is 17.7 Å². The van der Waals surface area contributed by atoms with Gasteiger partial charge in [0, 0.05) is 0 Å². The van der Waals surface area contributed by atoms with Crippen molar-refractivity contribution in [3.8, 4) is 5.75 Å². The zero-order chi connectivity index (χ0) is 13.7. The highest BCUT2D eigenvalue weighted by atomic mass is 16.5. The first-order chi connectivity index (χ1) is 9.20. The Balaban J connectivity index is 2.22. The van der Waals surface area contributed by atoms with Crippen molar-refractivity contribution in [3.05, 3.63) is 60.6 Å². The molecule has 0 aliphatic rings.